The summed E-state index contributed by atoms with van der Waals surface area (Å²) in [6.45, 7) is -0.200. The zero-order valence-corrected chi connectivity index (χ0v) is 14.3. The van der Waals surface area contributed by atoms with Gasteiger partial charge in [0.25, 0.3) is 0 Å². The average Bonchev–Trinajstić information content (AvgIpc) is 3.05. The average molecular weight is 375 g/mol. The van der Waals surface area contributed by atoms with Gasteiger partial charge in [-0.15, -0.1) is 5.10 Å². The largest absolute Gasteiger partial charge is 0.508 e. The number of nitrogens with zero attached hydrogens (tertiary/aromatic N) is 4. The van der Waals surface area contributed by atoms with Crippen LogP contribution in [0.25, 0.3) is 22.2 Å². The number of aromatic nitrogens is 4. The zero-order valence-electron chi connectivity index (χ0n) is 14.3. The van der Waals surface area contributed by atoms with Gasteiger partial charge in [-0.2, -0.15) is 10.0 Å². The third-order valence-electron chi connectivity index (χ3n) is 4.78. The third-order valence-corrected chi connectivity index (χ3v) is 4.78. The van der Waals surface area contributed by atoms with Crippen molar-refractivity contribution in [3.05, 3.63) is 64.6 Å². The lowest BCUT2D eigenvalue weighted by Gasteiger charge is -2.18. The van der Waals surface area contributed by atoms with Crippen LogP contribution in [0.3, 0.4) is 0 Å². The molecule has 138 valence electrons. The van der Waals surface area contributed by atoms with Crippen LogP contribution in [-0.2, 0) is 6.54 Å². The molecule has 1 aromatic carbocycles. The van der Waals surface area contributed by atoms with E-state index in [9.17, 15) is 15.1 Å². The molecule has 0 spiro atoms. The summed E-state index contributed by atoms with van der Waals surface area (Å²) in [6, 6.07) is 6.65. The van der Waals surface area contributed by atoms with Crippen molar-refractivity contribution in [3.63, 3.8) is 0 Å². The summed E-state index contributed by atoms with van der Waals surface area (Å²) in [7, 11) is 0. The summed E-state index contributed by atoms with van der Waals surface area (Å²) in [5, 5.41) is 32.1. The highest BCUT2D eigenvalue weighted by Gasteiger charge is 2.32. The number of aromatic amines is 1. The van der Waals surface area contributed by atoms with Gasteiger partial charge in [0.2, 0.25) is 0 Å². The SMILES string of the molecule is O=NCc1nnc2[nH]cc3c2c1-c1c(O)cncc1OC3c1ccc(O)cc1. The summed E-state index contributed by atoms with van der Waals surface area (Å²) < 4.78 is 6.24. The van der Waals surface area contributed by atoms with Gasteiger partial charge in [-0.25, -0.2) is 0 Å². The summed E-state index contributed by atoms with van der Waals surface area (Å²) in [4.78, 5) is 18.1. The van der Waals surface area contributed by atoms with Gasteiger partial charge in [0.15, 0.2) is 17.5 Å². The minimum atomic E-state index is -0.556. The second-order valence-corrected chi connectivity index (χ2v) is 6.40. The van der Waals surface area contributed by atoms with E-state index in [2.05, 4.69) is 25.3 Å². The molecule has 9 heteroatoms. The summed E-state index contributed by atoms with van der Waals surface area (Å²) in [5.41, 5.74) is 3.30. The number of rotatable bonds is 3. The van der Waals surface area contributed by atoms with Gasteiger partial charge < -0.3 is 19.9 Å². The van der Waals surface area contributed by atoms with Crippen molar-refractivity contribution in [1.82, 2.24) is 20.2 Å². The first-order chi connectivity index (χ1) is 13.7. The van der Waals surface area contributed by atoms with Crippen molar-refractivity contribution in [1.29, 1.82) is 0 Å². The Balaban J connectivity index is 1.88. The smallest absolute Gasteiger partial charge is 0.161 e. The molecule has 3 N–H and O–H groups in total. The van der Waals surface area contributed by atoms with Crippen molar-refractivity contribution in [2.75, 3.05) is 0 Å². The molecular weight excluding hydrogens is 362 g/mol. The molecule has 4 aromatic rings. The Hall–Kier alpha value is -4.01. The lowest BCUT2D eigenvalue weighted by Crippen LogP contribution is -2.08. The maximum Gasteiger partial charge on any atom is 0.161 e. The first-order valence-corrected chi connectivity index (χ1v) is 8.46. The van der Waals surface area contributed by atoms with E-state index in [1.54, 1.807) is 30.5 Å². The maximum atomic E-state index is 11.0. The lowest BCUT2D eigenvalue weighted by molar-refractivity contribution is 0.249. The molecule has 28 heavy (non-hydrogen) atoms. The Morgan fingerprint density at radius 1 is 1.11 bits per heavy atom. The van der Waals surface area contributed by atoms with Crippen LogP contribution in [0.15, 0.2) is 48.0 Å². The van der Waals surface area contributed by atoms with E-state index < -0.39 is 6.10 Å². The Kier molecular flexibility index (Phi) is 3.48. The highest BCUT2D eigenvalue weighted by Crippen LogP contribution is 2.49. The quantitative estimate of drug-likeness (QED) is 0.468. The van der Waals surface area contributed by atoms with Crippen LogP contribution in [0.5, 0.6) is 17.2 Å². The molecule has 4 heterocycles. The molecule has 1 unspecified atom stereocenters. The number of ether oxygens (including phenoxy) is 1. The van der Waals surface area contributed by atoms with Crippen molar-refractivity contribution in [2.45, 2.75) is 12.6 Å². The summed E-state index contributed by atoms with van der Waals surface area (Å²) >= 11 is 0. The maximum absolute atomic E-state index is 11.0. The van der Waals surface area contributed by atoms with Crippen LogP contribution in [-0.4, -0.2) is 30.4 Å². The fraction of sp³-hybridized carbons (Fsp3) is 0.105. The molecule has 0 saturated carbocycles. The number of phenols is 1. The number of H-pyrrole nitrogens is 1. The van der Waals surface area contributed by atoms with E-state index in [-0.39, 0.29) is 18.0 Å². The lowest BCUT2D eigenvalue weighted by atomic mass is 9.96. The minimum absolute atomic E-state index is 0.0996. The number of benzene rings is 1. The monoisotopic (exact) mass is 375 g/mol. The highest BCUT2D eigenvalue weighted by molar-refractivity contribution is 6.00. The topological polar surface area (TPSA) is 134 Å². The number of nitrogens with one attached hydrogen (secondary N) is 1. The second kappa shape index (κ2) is 6.02. The molecule has 9 nitrogen and oxygen atoms in total. The predicted molar refractivity (Wildman–Crippen MR) is 98.9 cm³/mol. The predicted octanol–water partition coefficient (Wildman–Crippen LogP) is 3.18. The summed E-state index contributed by atoms with van der Waals surface area (Å²) in [5.74, 6) is 0.384. The van der Waals surface area contributed by atoms with Gasteiger partial charge in [0.05, 0.1) is 23.7 Å². The number of phenolic OH excluding ortho intramolecular Hbond substituents is 1. The second-order valence-electron chi connectivity index (χ2n) is 6.40. The molecule has 1 aliphatic heterocycles. The molecule has 0 saturated heterocycles. The molecule has 0 fully saturated rings. The van der Waals surface area contributed by atoms with E-state index in [4.69, 9.17) is 4.74 Å². The van der Waals surface area contributed by atoms with Gasteiger partial charge in [-0.1, -0.05) is 17.3 Å². The van der Waals surface area contributed by atoms with Crippen molar-refractivity contribution < 1.29 is 14.9 Å². The highest BCUT2D eigenvalue weighted by atomic mass is 16.5. The Morgan fingerprint density at radius 3 is 2.71 bits per heavy atom. The number of hydrogen-bond acceptors (Lipinski definition) is 8. The Labute approximate surface area is 157 Å². The van der Waals surface area contributed by atoms with Crippen LogP contribution in [0, 0.1) is 4.91 Å². The molecule has 0 radical (unpaired) electrons. The molecule has 0 amide bonds. The van der Waals surface area contributed by atoms with Crippen molar-refractivity contribution >= 4 is 11.0 Å². The van der Waals surface area contributed by atoms with E-state index in [0.29, 0.717) is 33.6 Å². The molecule has 3 aromatic heterocycles. The molecule has 1 aliphatic rings. The van der Waals surface area contributed by atoms with Crippen LogP contribution >= 0.6 is 0 Å². The first kappa shape index (κ1) is 16.2. The number of aromatic hydroxyl groups is 2. The van der Waals surface area contributed by atoms with Crippen LogP contribution in [0.4, 0.5) is 0 Å². The zero-order chi connectivity index (χ0) is 19.3. The van der Waals surface area contributed by atoms with Crippen molar-refractivity contribution in [3.8, 4) is 28.4 Å². The third kappa shape index (κ3) is 2.29. The van der Waals surface area contributed by atoms with Crippen molar-refractivity contribution in [2.24, 2.45) is 5.18 Å². The normalized spacial score (nSPS) is 14.9. The minimum Gasteiger partial charge on any atom is -0.508 e. The number of pyridine rings is 1. The van der Waals surface area contributed by atoms with Gasteiger partial charge in [-0.3, -0.25) is 4.98 Å². The fourth-order valence-corrected chi connectivity index (χ4v) is 3.58. The first-order valence-electron chi connectivity index (χ1n) is 8.46. The Morgan fingerprint density at radius 2 is 1.93 bits per heavy atom. The fourth-order valence-electron chi connectivity index (χ4n) is 3.58. The number of nitroso groups, excluding NO2 is 1. The standard InChI is InChI=1S/C19H13N5O4/c25-10-3-1-9(2-4-10)18-11-5-21-19-15(11)16(12(6-22-27)23-24-19)17-13(26)7-20-8-14(17)28-18/h1-5,7-8,18,25-26H,6H2,(H,21,24). The Bertz CT molecular complexity index is 1220. The van der Waals surface area contributed by atoms with Crippen LogP contribution < -0.4 is 4.74 Å². The van der Waals surface area contributed by atoms with Gasteiger partial charge in [-0.05, 0) is 17.7 Å². The van der Waals surface area contributed by atoms with E-state index in [1.165, 1.54) is 12.4 Å². The molecule has 1 atom stereocenters. The van der Waals surface area contributed by atoms with Gasteiger partial charge in [0, 0.05) is 22.7 Å². The van der Waals surface area contributed by atoms with Crippen LogP contribution in [0.1, 0.15) is 22.9 Å². The number of fused-ring (bicyclic) bond motifs is 2. The molecule has 0 bridgehead atoms. The summed E-state index contributed by atoms with van der Waals surface area (Å²) in [6.07, 6.45) is 4.01. The van der Waals surface area contributed by atoms with Gasteiger partial charge >= 0.3 is 0 Å². The molecule has 5 rings (SSSR count). The molecule has 0 aliphatic carbocycles. The molecular formula is C19H13N5O4. The van der Waals surface area contributed by atoms with E-state index >= 15 is 0 Å². The van der Waals surface area contributed by atoms with E-state index in [0.717, 1.165) is 11.1 Å². The van der Waals surface area contributed by atoms with E-state index in [1.807, 2.05) is 0 Å². The van der Waals surface area contributed by atoms with Gasteiger partial charge in [0.1, 0.15) is 18.0 Å². The van der Waals surface area contributed by atoms with Crippen LogP contribution in [0.2, 0.25) is 0 Å². The number of hydrogen-bond donors (Lipinski definition) is 3.